The first-order chi connectivity index (χ1) is 7.36. The highest BCUT2D eigenvalue weighted by Gasteiger charge is 2.13. The maximum absolute atomic E-state index is 11.8. The van der Waals surface area contributed by atoms with Crippen molar-refractivity contribution in [3.05, 3.63) is 29.3 Å². The van der Waals surface area contributed by atoms with Gasteiger partial charge in [-0.15, -0.1) is 4.40 Å². The SMILES string of the molecule is CS/C(N)=N/S(=O)(=O)c1ccc(C)c(C)c1. The number of rotatable bonds is 2. The van der Waals surface area contributed by atoms with Gasteiger partial charge in [0.15, 0.2) is 5.17 Å². The molecule has 2 N–H and O–H groups in total. The third kappa shape index (κ3) is 2.99. The van der Waals surface area contributed by atoms with Crippen LogP contribution in [0.15, 0.2) is 27.5 Å². The van der Waals surface area contributed by atoms with Crippen molar-refractivity contribution in [3.63, 3.8) is 0 Å². The lowest BCUT2D eigenvalue weighted by Crippen LogP contribution is -2.10. The summed E-state index contributed by atoms with van der Waals surface area (Å²) in [5.74, 6) is 0. The highest BCUT2D eigenvalue weighted by molar-refractivity contribution is 8.13. The van der Waals surface area contributed by atoms with Crippen molar-refractivity contribution in [3.8, 4) is 0 Å². The standard InChI is InChI=1S/C10H14N2O2S2/c1-7-4-5-9(6-8(7)2)16(13,14)12-10(11)15-3/h4-6H,1-3H3,(H2,11,12). The van der Waals surface area contributed by atoms with E-state index >= 15 is 0 Å². The van der Waals surface area contributed by atoms with Gasteiger partial charge in [0.2, 0.25) is 0 Å². The molecule has 0 aromatic heterocycles. The van der Waals surface area contributed by atoms with Crippen LogP contribution in [0.1, 0.15) is 11.1 Å². The third-order valence-corrected chi connectivity index (χ3v) is 4.11. The number of nitrogens with zero attached hydrogens (tertiary/aromatic N) is 1. The van der Waals surface area contributed by atoms with E-state index in [1.165, 1.54) is 6.07 Å². The Morgan fingerprint density at radius 1 is 1.31 bits per heavy atom. The first kappa shape index (κ1) is 13.1. The van der Waals surface area contributed by atoms with Crippen molar-refractivity contribution in [1.82, 2.24) is 0 Å². The molecule has 6 heteroatoms. The largest absolute Gasteiger partial charge is 0.378 e. The first-order valence-electron chi connectivity index (χ1n) is 4.58. The van der Waals surface area contributed by atoms with Crippen molar-refractivity contribution >= 4 is 27.0 Å². The fraction of sp³-hybridized carbons (Fsp3) is 0.300. The molecule has 0 aliphatic carbocycles. The fourth-order valence-corrected chi connectivity index (χ4v) is 2.58. The molecule has 4 nitrogen and oxygen atoms in total. The van der Waals surface area contributed by atoms with Crippen LogP contribution in [-0.4, -0.2) is 19.8 Å². The molecule has 0 fully saturated rings. The van der Waals surface area contributed by atoms with Crippen LogP contribution >= 0.6 is 11.8 Å². The van der Waals surface area contributed by atoms with Gasteiger partial charge in [-0.25, -0.2) is 0 Å². The van der Waals surface area contributed by atoms with E-state index in [2.05, 4.69) is 4.40 Å². The van der Waals surface area contributed by atoms with Gasteiger partial charge in [-0.05, 0) is 43.4 Å². The predicted octanol–water partition coefficient (Wildman–Crippen LogP) is 1.67. The molecular weight excluding hydrogens is 244 g/mol. The van der Waals surface area contributed by atoms with Gasteiger partial charge in [-0.1, -0.05) is 17.8 Å². The molecule has 0 amide bonds. The molecule has 0 heterocycles. The maximum atomic E-state index is 11.8. The Morgan fingerprint density at radius 2 is 1.94 bits per heavy atom. The number of sulfonamides is 1. The van der Waals surface area contributed by atoms with Gasteiger partial charge in [0.1, 0.15) is 0 Å². The monoisotopic (exact) mass is 258 g/mol. The summed E-state index contributed by atoms with van der Waals surface area (Å²) in [5, 5.41) is 0.0400. The average molecular weight is 258 g/mol. The molecule has 1 rings (SSSR count). The smallest absolute Gasteiger partial charge is 0.284 e. The second-order valence-corrected chi connectivity index (χ2v) is 5.79. The number of amidine groups is 1. The Hall–Kier alpha value is -1.01. The molecule has 0 saturated carbocycles. The van der Waals surface area contributed by atoms with Gasteiger partial charge in [0.25, 0.3) is 10.0 Å². The molecule has 0 aliphatic heterocycles. The van der Waals surface area contributed by atoms with Crippen LogP contribution in [0.3, 0.4) is 0 Å². The van der Waals surface area contributed by atoms with Gasteiger partial charge >= 0.3 is 0 Å². The van der Waals surface area contributed by atoms with E-state index in [0.717, 1.165) is 22.9 Å². The molecule has 88 valence electrons. The zero-order chi connectivity index (χ0) is 12.3. The van der Waals surface area contributed by atoms with Crippen molar-refractivity contribution in [2.24, 2.45) is 10.1 Å². The topological polar surface area (TPSA) is 72.5 Å². The number of thioether (sulfide) groups is 1. The highest BCUT2D eigenvalue weighted by Crippen LogP contribution is 2.17. The van der Waals surface area contributed by atoms with Crippen molar-refractivity contribution < 1.29 is 8.42 Å². The molecule has 0 spiro atoms. The molecule has 0 unspecified atom stereocenters. The second-order valence-electron chi connectivity index (χ2n) is 3.35. The van der Waals surface area contributed by atoms with Crippen LogP contribution in [0, 0.1) is 13.8 Å². The molecule has 0 aliphatic rings. The molecule has 0 bridgehead atoms. The summed E-state index contributed by atoms with van der Waals surface area (Å²) in [6, 6.07) is 4.89. The van der Waals surface area contributed by atoms with E-state index in [1.807, 2.05) is 13.8 Å². The molecule has 16 heavy (non-hydrogen) atoms. The Morgan fingerprint density at radius 3 is 2.44 bits per heavy atom. The van der Waals surface area contributed by atoms with Crippen LogP contribution < -0.4 is 5.73 Å². The van der Waals surface area contributed by atoms with E-state index in [0.29, 0.717) is 0 Å². The van der Waals surface area contributed by atoms with Gasteiger partial charge in [0, 0.05) is 0 Å². The van der Waals surface area contributed by atoms with Crippen LogP contribution in [0.2, 0.25) is 0 Å². The van der Waals surface area contributed by atoms with E-state index in [1.54, 1.807) is 18.4 Å². The van der Waals surface area contributed by atoms with Crippen LogP contribution in [-0.2, 0) is 10.0 Å². The Kier molecular flexibility index (Phi) is 3.98. The summed E-state index contributed by atoms with van der Waals surface area (Å²) >= 11 is 1.10. The van der Waals surface area contributed by atoms with Crippen molar-refractivity contribution in [1.29, 1.82) is 0 Å². The number of nitrogens with two attached hydrogens (primary N) is 1. The quantitative estimate of drug-likeness (QED) is 0.647. The Bertz CT molecular complexity index is 522. The third-order valence-electron chi connectivity index (χ3n) is 2.20. The zero-order valence-electron chi connectivity index (χ0n) is 9.39. The van der Waals surface area contributed by atoms with Crippen molar-refractivity contribution in [2.75, 3.05) is 6.26 Å². The minimum absolute atomic E-state index is 0.0400. The minimum atomic E-state index is -3.67. The summed E-state index contributed by atoms with van der Waals surface area (Å²) in [7, 11) is -3.67. The number of hydrogen-bond acceptors (Lipinski definition) is 3. The fourth-order valence-electron chi connectivity index (χ4n) is 1.08. The molecule has 1 aromatic rings. The summed E-state index contributed by atoms with van der Waals surface area (Å²) in [5.41, 5.74) is 7.36. The summed E-state index contributed by atoms with van der Waals surface area (Å²) < 4.78 is 27.1. The number of aryl methyl sites for hydroxylation is 2. The number of benzene rings is 1. The van der Waals surface area contributed by atoms with Crippen LogP contribution in [0.5, 0.6) is 0 Å². The maximum Gasteiger partial charge on any atom is 0.284 e. The molecule has 0 atom stereocenters. The lowest BCUT2D eigenvalue weighted by molar-refractivity contribution is 0.598. The van der Waals surface area contributed by atoms with Crippen LogP contribution in [0.4, 0.5) is 0 Å². The lowest BCUT2D eigenvalue weighted by atomic mass is 10.1. The van der Waals surface area contributed by atoms with E-state index in [-0.39, 0.29) is 10.1 Å². The Balaban J connectivity index is 3.23. The van der Waals surface area contributed by atoms with Gasteiger partial charge < -0.3 is 5.73 Å². The van der Waals surface area contributed by atoms with E-state index in [9.17, 15) is 8.42 Å². The summed E-state index contributed by atoms with van der Waals surface area (Å²) in [4.78, 5) is 0.174. The van der Waals surface area contributed by atoms with Gasteiger partial charge in [-0.2, -0.15) is 8.42 Å². The van der Waals surface area contributed by atoms with Crippen molar-refractivity contribution in [2.45, 2.75) is 18.7 Å². The summed E-state index contributed by atoms with van der Waals surface area (Å²) in [6.07, 6.45) is 1.68. The van der Waals surface area contributed by atoms with Crippen LogP contribution in [0.25, 0.3) is 0 Å². The Labute approximate surface area is 100 Å². The molecule has 0 radical (unpaired) electrons. The highest BCUT2D eigenvalue weighted by atomic mass is 32.2. The predicted molar refractivity (Wildman–Crippen MR) is 68.2 cm³/mol. The minimum Gasteiger partial charge on any atom is -0.378 e. The van der Waals surface area contributed by atoms with E-state index in [4.69, 9.17) is 5.73 Å². The molecule has 0 saturated heterocycles. The lowest BCUT2D eigenvalue weighted by Gasteiger charge is -2.03. The molecular formula is C10H14N2O2S2. The normalized spacial score (nSPS) is 12.8. The zero-order valence-corrected chi connectivity index (χ0v) is 11.0. The second kappa shape index (κ2) is 4.88. The molecule has 1 aromatic carbocycles. The first-order valence-corrected chi connectivity index (χ1v) is 7.25. The summed E-state index contributed by atoms with van der Waals surface area (Å²) in [6.45, 7) is 3.78. The van der Waals surface area contributed by atoms with Gasteiger partial charge in [0.05, 0.1) is 4.90 Å². The average Bonchev–Trinajstić information content (AvgIpc) is 2.21. The van der Waals surface area contributed by atoms with Gasteiger partial charge in [-0.3, -0.25) is 0 Å². The van der Waals surface area contributed by atoms with E-state index < -0.39 is 10.0 Å². The number of hydrogen-bond donors (Lipinski definition) is 1.